The minimum atomic E-state index is -4.96. The smallest absolute Gasteiger partial charge is 0.417 e. The number of halogens is 3. The molecule has 0 unspecified atom stereocenters. The van der Waals surface area contributed by atoms with Crippen molar-refractivity contribution in [2.24, 2.45) is 0 Å². The van der Waals surface area contributed by atoms with E-state index in [-0.39, 0.29) is 0 Å². The quantitative estimate of drug-likeness (QED) is 0.705. The van der Waals surface area contributed by atoms with Gasteiger partial charge in [-0.25, -0.2) is 0 Å². The zero-order valence-electron chi connectivity index (χ0n) is 13.5. The monoisotopic (exact) mass is 348 g/mol. The van der Waals surface area contributed by atoms with E-state index in [2.05, 4.69) is 0 Å². The summed E-state index contributed by atoms with van der Waals surface area (Å²) in [4.78, 5) is 22.9. The van der Waals surface area contributed by atoms with Crippen molar-refractivity contribution < 1.29 is 32.6 Å². The Morgan fingerprint density at radius 3 is 2.12 bits per heavy atom. The molecule has 3 N–H and O–H groups in total. The van der Waals surface area contributed by atoms with Crippen LogP contribution in [0.2, 0.25) is 0 Å². The number of aliphatic hydroxyl groups is 1. The van der Waals surface area contributed by atoms with E-state index in [1.807, 2.05) is 11.5 Å². The molecule has 0 saturated carbocycles. The molecule has 0 saturated heterocycles. The highest BCUT2D eigenvalue weighted by molar-refractivity contribution is 5.83. The average molecular weight is 348 g/mol. The van der Waals surface area contributed by atoms with Gasteiger partial charge in [-0.2, -0.15) is 13.2 Å². The second-order valence-corrected chi connectivity index (χ2v) is 5.55. The van der Waals surface area contributed by atoms with E-state index >= 15 is 0 Å². The molecule has 1 aromatic rings. The van der Waals surface area contributed by atoms with Crippen LogP contribution < -0.4 is 15.6 Å². The number of benzene rings is 1. The molecule has 0 fully saturated rings. The molecule has 9 heteroatoms. The Morgan fingerprint density at radius 1 is 1.12 bits per heavy atom. The number of hydrazine groups is 1. The van der Waals surface area contributed by atoms with Crippen molar-refractivity contribution in [1.29, 1.82) is 0 Å². The molecule has 1 rings (SSSR count). The van der Waals surface area contributed by atoms with Gasteiger partial charge < -0.3 is 9.84 Å². The van der Waals surface area contributed by atoms with E-state index in [4.69, 9.17) is 4.74 Å². The molecule has 6 nitrogen and oxygen atoms in total. The predicted octanol–water partition coefficient (Wildman–Crippen LogP) is 1.53. The first-order chi connectivity index (χ1) is 10.9. The number of aryl methyl sites for hydroxylation is 2. The second-order valence-electron chi connectivity index (χ2n) is 5.55. The molecule has 0 bridgehead atoms. The van der Waals surface area contributed by atoms with E-state index in [0.29, 0.717) is 12.7 Å². The maximum absolute atomic E-state index is 12.4. The first-order valence-electron chi connectivity index (χ1n) is 7.00. The number of carbonyl (C=O) groups is 2. The van der Waals surface area contributed by atoms with Gasteiger partial charge in [0.1, 0.15) is 5.75 Å². The van der Waals surface area contributed by atoms with Crippen molar-refractivity contribution in [2.45, 2.75) is 39.0 Å². The summed E-state index contributed by atoms with van der Waals surface area (Å²) in [7, 11) is 0. The topological polar surface area (TPSA) is 87.7 Å². The summed E-state index contributed by atoms with van der Waals surface area (Å²) in [5, 5.41) is 9.18. The molecule has 0 aliphatic carbocycles. The number of amides is 2. The fourth-order valence-corrected chi connectivity index (χ4v) is 1.80. The van der Waals surface area contributed by atoms with E-state index in [1.54, 1.807) is 31.4 Å². The SMILES string of the molecule is Cc1cccc(C)c1OCC(=O)NNC(=O)C[C@](C)(O)C(F)(F)F. The van der Waals surface area contributed by atoms with Gasteiger partial charge in [0.15, 0.2) is 12.2 Å². The van der Waals surface area contributed by atoms with Gasteiger partial charge >= 0.3 is 6.18 Å². The molecule has 1 aromatic carbocycles. The lowest BCUT2D eigenvalue weighted by Gasteiger charge is -2.25. The fourth-order valence-electron chi connectivity index (χ4n) is 1.80. The third kappa shape index (κ3) is 5.41. The summed E-state index contributed by atoms with van der Waals surface area (Å²) >= 11 is 0. The van der Waals surface area contributed by atoms with Crippen molar-refractivity contribution in [2.75, 3.05) is 6.61 Å². The Bertz CT molecular complexity index is 595. The van der Waals surface area contributed by atoms with Gasteiger partial charge in [0, 0.05) is 0 Å². The van der Waals surface area contributed by atoms with Crippen LogP contribution in [0, 0.1) is 13.8 Å². The maximum atomic E-state index is 12.4. The third-order valence-corrected chi connectivity index (χ3v) is 3.21. The number of hydrogen-bond donors (Lipinski definition) is 3. The molecular weight excluding hydrogens is 329 g/mol. The number of alkyl halides is 3. The van der Waals surface area contributed by atoms with Crippen LogP contribution in [0.25, 0.3) is 0 Å². The fraction of sp³-hybridized carbons (Fsp3) is 0.467. The lowest BCUT2D eigenvalue weighted by Crippen LogP contribution is -2.50. The summed E-state index contributed by atoms with van der Waals surface area (Å²) in [6.45, 7) is 3.63. The second kappa shape index (κ2) is 7.52. The Kier molecular flexibility index (Phi) is 6.19. The molecule has 134 valence electrons. The van der Waals surface area contributed by atoms with E-state index in [0.717, 1.165) is 11.1 Å². The van der Waals surface area contributed by atoms with Gasteiger partial charge in [0.2, 0.25) is 5.91 Å². The molecule has 0 aliphatic heterocycles. The molecule has 0 aromatic heterocycles. The number of carbonyl (C=O) groups excluding carboxylic acids is 2. The number of ether oxygens (including phenoxy) is 1. The van der Waals surface area contributed by atoms with Gasteiger partial charge in [-0.15, -0.1) is 0 Å². The lowest BCUT2D eigenvalue weighted by atomic mass is 10.0. The van der Waals surface area contributed by atoms with Crippen LogP contribution in [0.4, 0.5) is 13.2 Å². The Balaban J connectivity index is 2.46. The van der Waals surface area contributed by atoms with Gasteiger partial charge in [-0.05, 0) is 31.9 Å². The molecule has 24 heavy (non-hydrogen) atoms. The summed E-state index contributed by atoms with van der Waals surface area (Å²) in [6.07, 6.45) is -6.20. The van der Waals surface area contributed by atoms with E-state index in [9.17, 15) is 27.9 Å². The minimum Gasteiger partial charge on any atom is -0.483 e. The zero-order valence-corrected chi connectivity index (χ0v) is 13.5. The highest BCUT2D eigenvalue weighted by Crippen LogP contribution is 2.32. The summed E-state index contributed by atoms with van der Waals surface area (Å²) < 4.78 is 42.6. The summed E-state index contributed by atoms with van der Waals surface area (Å²) in [6, 6.07) is 5.41. The number of para-hydroxylation sites is 1. The molecule has 0 spiro atoms. The van der Waals surface area contributed by atoms with E-state index in [1.165, 1.54) is 0 Å². The van der Waals surface area contributed by atoms with Crippen molar-refractivity contribution in [3.05, 3.63) is 29.3 Å². The van der Waals surface area contributed by atoms with Gasteiger partial charge in [0.05, 0.1) is 6.42 Å². The summed E-state index contributed by atoms with van der Waals surface area (Å²) in [5.41, 5.74) is 2.16. The van der Waals surface area contributed by atoms with Gasteiger partial charge in [-0.3, -0.25) is 20.4 Å². The number of hydrogen-bond acceptors (Lipinski definition) is 4. The Hall–Kier alpha value is -2.29. The van der Waals surface area contributed by atoms with Crippen molar-refractivity contribution in [3.63, 3.8) is 0 Å². The van der Waals surface area contributed by atoms with Gasteiger partial charge in [0.25, 0.3) is 5.91 Å². The van der Waals surface area contributed by atoms with Crippen molar-refractivity contribution in [1.82, 2.24) is 10.9 Å². The molecular formula is C15H19F3N2O4. The first-order valence-corrected chi connectivity index (χ1v) is 7.00. The molecule has 0 heterocycles. The molecule has 0 radical (unpaired) electrons. The largest absolute Gasteiger partial charge is 0.483 e. The molecule has 2 amide bonds. The van der Waals surface area contributed by atoms with Crippen molar-refractivity contribution in [3.8, 4) is 5.75 Å². The van der Waals surface area contributed by atoms with Crippen molar-refractivity contribution >= 4 is 11.8 Å². The number of rotatable bonds is 5. The Labute approximate surface area is 137 Å². The predicted molar refractivity (Wildman–Crippen MR) is 79.0 cm³/mol. The standard InChI is InChI=1S/C15H19F3N2O4/c1-9-5-4-6-10(2)13(9)24-8-12(22)20-19-11(21)7-14(3,23)15(16,17)18/h4-6,23H,7-8H2,1-3H3,(H,19,21)(H,20,22)/t14-/m0/s1. The zero-order chi connectivity index (χ0) is 18.5. The first kappa shape index (κ1) is 19.8. The average Bonchev–Trinajstić information content (AvgIpc) is 2.43. The van der Waals surface area contributed by atoms with Crippen LogP contribution >= 0.6 is 0 Å². The van der Waals surface area contributed by atoms with Crippen LogP contribution in [-0.2, 0) is 9.59 Å². The lowest BCUT2D eigenvalue weighted by molar-refractivity contribution is -0.253. The molecule has 0 aliphatic rings. The van der Waals surface area contributed by atoms with Crippen LogP contribution in [0.3, 0.4) is 0 Å². The third-order valence-electron chi connectivity index (χ3n) is 3.21. The van der Waals surface area contributed by atoms with Crippen LogP contribution in [0.1, 0.15) is 24.5 Å². The van der Waals surface area contributed by atoms with Gasteiger partial charge in [-0.1, -0.05) is 18.2 Å². The molecule has 1 atom stereocenters. The number of nitrogens with one attached hydrogen (secondary N) is 2. The highest BCUT2D eigenvalue weighted by Gasteiger charge is 2.51. The summed E-state index contributed by atoms with van der Waals surface area (Å²) in [5.74, 6) is -1.42. The van der Waals surface area contributed by atoms with Crippen LogP contribution in [-0.4, -0.2) is 35.3 Å². The normalized spacial score (nSPS) is 13.8. The Morgan fingerprint density at radius 2 is 1.62 bits per heavy atom. The van der Waals surface area contributed by atoms with Crippen LogP contribution in [0.15, 0.2) is 18.2 Å². The maximum Gasteiger partial charge on any atom is 0.417 e. The van der Waals surface area contributed by atoms with Crippen LogP contribution in [0.5, 0.6) is 5.75 Å². The minimum absolute atomic E-state index is 0.429. The van der Waals surface area contributed by atoms with E-state index < -0.39 is 36.6 Å². The highest BCUT2D eigenvalue weighted by atomic mass is 19.4.